The number of nitrogens with one attached hydrogen (secondary N) is 1. The van der Waals surface area contributed by atoms with Gasteiger partial charge in [-0.1, -0.05) is 38.5 Å². The summed E-state index contributed by atoms with van der Waals surface area (Å²) in [5.41, 5.74) is 0. The zero-order valence-corrected chi connectivity index (χ0v) is 14.7. The summed E-state index contributed by atoms with van der Waals surface area (Å²) in [6, 6.07) is -0.869. The summed E-state index contributed by atoms with van der Waals surface area (Å²) >= 11 is 0. The molecule has 5 amide bonds. The highest BCUT2D eigenvalue weighted by molar-refractivity contribution is 6.09. The zero-order chi connectivity index (χ0) is 17.8. The van der Waals surface area contributed by atoms with Crippen LogP contribution in [0.1, 0.15) is 70.6 Å². The Balaban J connectivity index is 1.91. The van der Waals surface area contributed by atoms with Crippen molar-refractivity contribution in [3.05, 3.63) is 0 Å². The molecule has 0 aromatic heterocycles. The van der Waals surface area contributed by atoms with Gasteiger partial charge in [0.05, 0.1) is 6.54 Å². The van der Waals surface area contributed by atoms with E-state index in [0.29, 0.717) is 0 Å². The lowest BCUT2D eigenvalue weighted by Gasteiger charge is -2.39. The Labute approximate surface area is 148 Å². The molecule has 0 aromatic rings. The summed E-state index contributed by atoms with van der Waals surface area (Å²) in [5, 5.41) is 2.49. The van der Waals surface area contributed by atoms with E-state index in [1.807, 2.05) is 0 Å². The first kappa shape index (κ1) is 17.9. The van der Waals surface area contributed by atoms with Crippen LogP contribution in [0.2, 0.25) is 0 Å². The van der Waals surface area contributed by atoms with Crippen LogP contribution >= 0.6 is 0 Å². The minimum Gasteiger partial charge on any atom is -0.347 e. The maximum Gasteiger partial charge on any atom is 0.333 e. The number of urea groups is 1. The van der Waals surface area contributed by atoms with E-state index < -0.39 is 23.8 Å². The Morgan fingerprint density at radius 1 is 0.680 bits per heavy atom. The van der Waals surface area contributed by atoms with Crippen molar-refractivity contribution >= 4 is 23.8 Å². The predicted molar refractivity (Wildman–Crippen MR) is 90.5 cm³/mol. The average Bonchev–Trinajstić information content (AvgIpc) is 2.65. The normalized spacial score (nSPS) is 25.4. The first-order chi connectivity index (χ1) is 12.1. The first-order valence-corrected chi connectivity index (χ1v) is 9.52. The number of imide groups is 2. The van der Waals surface area contributed by atoms with E-state index in [9.17, 15) is 19.2 Å². The van der Waals surface area contributed by atoms with Crippen LogP contribution in [-0.2, 0) is 14.4 Å². The van der Waals surface area contributed by atoms with Gasteiger partial charge in [0.2, 0.25) is 17.7 Å². The average molecular weight is 349 g/mol. The van der Waals surface area contributed by atoms with Crippen molar-refractivity contribution in [3.8, 4) is 0 Å². The molecule has 7 nitrogen and oxygen atoms in total. The lowest BCUT2D eigenvalue weighted by Crippen LogP contribution is -2.57. The molecule has 0 unspecified atom stereocenters. The van der Waals surface area contributed by atoms with Crippen LogP contribution in [0, 0.1) is 0 Å². The van der Waals surface area contributed by atoms with Crippen molar-refractivity contribution in [2.75, 3.05) is 6.54 Å². The third kappa shape index (κ3) is 4.02. The van der Waals surface area contributed by atoms with Gasteiger partial charge >= 0.3 is 6.03 Å². The monoisotopic (exact) mass is 349 g/mol. The molecule has 0 atom stereocenters. The molecule has 0 aromatic carbocycles. The first-order valence-electron chi connectivity index (χ1n) is 9.52. The highest BCUT2D eigenvalue weighted by Crippen LogP contribution is 2.28. The SMILES string of the molecule is O=C1CC(=O)N(C2CCCCC2)C(=O)N(C2CCCCC2)C(=O)CN1. The number of nitrogens with zero attached hydrogens (tertiary/aromatic N) is 2. The second kappa shape index (κ2) is 7.97. The Kier molecular flexibility index (Phi) is 5.71. The number of carbonyl (C=O) groups is 4. The van der Waals surface area contributed by atoms with Crippen LogP contribution in [0.5, 0.6) is 0 Å². The van der Waals surface area contributed by atoms with E-state index in [4.69, 9.17) is 0 Å². The minimum atomic E-state index is -0.509. The molecule has 0 radical (unpaired) electrons. The fraction of sp³-hybridized carbons (Fsp3) is 0.778. The summed E-state index contributed by atoms with van der Waals surface area (Å²) in [6.07, 6.45) is 8.78. The lowest BCUT2D eigenvalue weighted by molar-refractivity contribution is -0.135. The van der Waals surface area contributed by atoms with E-state index in [2.05, 4.69) is 5.32 Å². The molecule has 2 saturated carbocycles. The molecule has 1 aliphatic heterocycles. The molecular weight excluding hydrogens is 322 g/mol. The van der Waals surface area contributed by atoms with Crippen molar-refractivity contribution in [1.29, 1.82) is 0 Å². The van der Waals surface area contributed by atoms with Crippen LogP contribution in [0.3, 0.4) is 0 Å². The van der Waals surface area contributed by atoms with Crippen LogP contribution in [0.4, 0.5) is 4.79 Å². The molecule has 138 valence electrons. The fourth-order valence-electron chi connectivity index (χ4n) is 4.27. The number of rotatable bonds is 2. The van der Waals surface area contributed by atoms with Gasteiger partial charge in [-0.2, -0.15) is 0 Å². The van der Waals surface area contributed by atoms with Crippen molar-refractivity contribution in [3.63, 3.8) is 0 Å². The highest BCUT2D eigenvalue weighted by Gasteiger charge is 2.40. The Bertz CT molecular complexity index is 551. The maximum atomic E-state index is 13.2. The minimum absolute atomic E-state index is 0.164. The van der Waals surface area contributed by atoms with E-state index in [1.54, 1.807) is 0 Å². The molecule has 3 rings (SSSR count). The quantitative estimate of drug-likeness (QED) is 0.772. The second-order valence-electron chi connectivity index (χ2n) is 7.35. The molecule has 1 heterocycles. The van der Waals surface area contributed by atoms with Gasteiger partial charge in [-0.25, -0.2) is 4.79 Å². The van der Waals surface area contributed by atoms with E-state index in [0.717, 1.165) is 64.2 Å². The number of hydrogen-bond acceptors (Lipinski definition) is 4. The summed E-state index contributed by atoms with van der Waals surface area (Å²) in [4.78, 5) is 53.0. The Morgan fingerprint density at radius 3 is 1.68 bits per heavy atom. The smallest absolute Gasteiger partial charge is 0.333 e. The third-order valence-corrected chi connectivity index (χ3v) is 5.58. The van der Waals surface area contributed by atoms with Crippen LogP contribution < -0.4 is 5.32 Å². The fourth-order valence-corrected chi connectivity index (χ4v) is 4.27. The summed E-state index contributed by atoms with van der Waals surface area (Å²) in [7, 11) is 0. The molecule has 3 aliphatic rings. The summed E-state index contributed by atoms with van der Waals surface area (Å²) in [5.74, 6) is -1.37. The third-order valence-electron chi connectivity index (χ3n) is 5.58. The van der Waals surface area contributed by atoms with Gasteiger partial charge in [0.1, 0.15) is 6.42 Å². The lowest BCUT2D eigenvalue weighted by atomic mass is 9.93. The van der Waals surface area contributed by atoms with Gasteiger partial charge in [0.15, 0.2) is 0 Å². The van der Waals surface area contributed by atoms with Crippen LogP contribution in [0.15, 0.2) is 0 Å². The van der Waals surface area contributed by atoms with Gasteiger partial charge in [-0.3, -0.25) is 24.2 Å². The maximum absolute atomic E-state index is 13.2. The largest absolute Gasteiger partial charge is 0.347 e. The molecule has 1 N–H and O–H groups in total. The van der Waals surface area contributed by atoms with Crippen molar-refractivity contribution in [2.24, 2.45) is 0 Å². The molecule has 0 spiro atoms. The van der Waals surface area contributed by atoms with Gasteiger partial charge < -0.3 is 5.32 Å². The molecule has 0 bridgehead atoms. The van der Waals surface area contributed by atoms with Gasteiger partial charge in [-0.15, -0.1) is 0 Å². The molecule has 2 aliphatic carbocycles. The topological polar surface area (TPSA) is 86.8 Å². The van der Waals surface area contributed by atoms with E-state index in [-0.39, 0.29) is 25.0 Å². The van der Waals surface area contributed by atoms with Gasteiger partial charge in [-0.05, 0) is 25.7 Å². The molecule has 3 fully saturated rings. The van der Waals surface area contributed by atoms with Crippen LogP contribution in [-0.4, -0.2) is 52.2 Å². The second-order valence-corrected chi connectivity index (χ2v) is 7.35. The van der Waals surface area contributed by atoms with Crippen molar-refractivity contribution in [1.82, 2.24) is 15.1 Å². The van der Waals surface area contributed by atoms with Crippen molar-refractivity contribution < 1.29 is 19.2 Å². The summed E-state index contributed by atoms with van der Waals surface area (Å²) in [6.45, 7) is -0.215. The van der Waals surface area contributed by atoms with Crippen LogP contribution in [0.25, 0.3) is 0 Å². The number of carbonyl (C=O) groups excluding carboxylic acids is 4. The van der Waals surface area contributed by atoms with E-state index >= 15 is 0 Å². The zero-order valence-electron chi connectivity index (χ0n) is 14.7. The van der Waals surface area contributed by atoms with Gasteiger partial charge in [0, 0.05) is 12.1 Å². The van der Waals surface area contributed by atoms with Crippen molar-refractivity contribution in [2.45, 2.75) is 82.7 Å². The number of amides is 5. The predicted octanol–water partition coefficient (Wildman–Crippen LogP) is 1.95. The number of hydrogen-bond donors (Lipinski definition) is 1. The molecular formula is C18H27N3O4. The highest BCUT2D eigenvalue weighted by atomic mass is 16.2. The Morgan fingerprint density at radius 2 is 1.16 bits per heavy atom. The van der Waals surface area contributed by atoms with Gasteiger partial charge in [0.25, 0.3) is 0 Å². The molecule has 25 heavy (non-hydrogen) atoms. The Hall–Kier alpha value is -1.92. The standard InChI is InChI=1S/C18H27N3O4/c22-15-11-16(23)20(13-7-3-1-4-8-13)18(25)21(17(24)12-19-15)14-9-5-2-6-10-14/h13-14H,1-12H2,(H,19,22). The molecule has 1 saturated heterocycles. The summed E-state index contributed by atoms with van der Waals surface area (Å²) < 4.78 is 0. The van der Waals surface area contributed by atoms with E-state index in [1.165, 1.54) is 9.80 Å². The molecule has 7 heteroatoms.